The third kappa shape index (κ3) is 3.26. The second kappa shape index (κ2) is 5.48. The molecule has 2 aliphatic rings. The maximum atomic E-state index is 12.4. The van der Waals surface area contributed by atoms with Gasteiger partial charge in [0.2, 0.25) is 5.91 Å². The molecule has 19 heavy (non-hydrogen) atoms. The third-order valence-corrected chi connectivity index (χ3v) is 4.03. The van der Waals surface area contributed by atoms with Crippen LogP contribution in [0.15, 0.2) is 0 Å². The zero-order chi connectivity index (χ0) is 13.9. The summed E-state index contributed by atoms with van der Waals surface area (Å²) in [7, 11) is 0. The van der Waals surface area contributed by atoms with E-state index in [2.05, 4.69) is 11.4 Å². The first-order valence-corrected chi connectivity index (χ1v) is 6.91. The molecular weight excluding hydrogens is 244 g/mol. The van der Waals surface area contributed by atoms with Crippen LogP contribution in [0, 0.1) is 16.7 Å². The van der Waals surface area contributed by atoms with Crippen LogP contribution in [0.25, 0.3) is 0 Å². The number of carbonyl (C=O) groups is 1. The summed E-state index contributed by atoms with van der Waals surface area (Å²) in [5.41, 5.74) is -1.10. The van der Waals surface area contributed by atoms with Gasteiger partial charge in [-0.15, -0.1) is 0 Å². The molecule has 5 heteroatoms. The number of hydrogen-bond donors (Lipinski definition) is 1. The van der Waals surface area contributed by atoms with Gasteiger partial charge in [0.1, 0.15) is 5.41 Å². The summed E-state index contributed by atoms with van der Waals surface area (Å²) < 4.78 is 10.9. The van der Waals surface area contributed by atoms with E-state index < -0.39 is 5.41 Å². The third-order valence-electron chi connectivity index (χ3n) is 4.03. The zero-order valence-electron chi connectivity index (χ0n) is 11.7. The topological polar surface area (TPSA) is 71.4 Å². The molecule has 2 fully saturated rings. The SMILES string of the molecule is CC1(C)CC(NC(=O)C2(C#N)CCOCC2)CCO1. The first kappa shape index (κ1) is 14.3. The van der Waals surface area contributed by atoms with Crippen molar-refractivity contribution in [2.24, 2.45) is 5.41 Å². The Labute approximate surface area is 114 Å². The van der Waals surface area contributed by atoms with Crippen molar-refractivity contribution in [2.75, 3.05) is 19.8 Å². The Kier molecular flexibility index (Phi) is 4.12. The molecule has 1 amide bonds. The number of nitriles is 1. The molecule has 0 aromatic carbocycles. The van der Waals surface area contributed by atoms with Gasteiger partial charge < -0.3 is 14.8 Å². The molecule has 5 nitrogen and oxygen atoms in total. The van der Waals surface area contributed by atoms with E-state index in [1.165, 1.54) is 0 Å². The van der Waals surface area contributed by atoms with Crippen molar-refractivity contribution in [3.8, 4) is 6.07 Å². The molecule has 2 aliphatic heterocycles. The molecule has 0 aromatic heterocycles. The van der Waals surface area contributed by atoms with Crippen molar-refractivity contribution in [2.45, 2.75) is 51.2 Å². The Hall–Kier alpha value is -1.12. The highest BCUT2D eigenvalue weighted by Gasteiger charge is 2.42. The second-order valence-corrected chi connectivity index (χ2v) is 6.08. The highest BCUT2D eigenvalue weighted by Crippen LogP contribution is 2.31. The standard InChI is InChI=1S/C14H22N2O3/c1-13(2)9-11(3-6-19-13)16-12(17)14(10-15)4-7-18-8-5-14/h11H,3-9H2,1-2H3,(H,16,17). The van der Waals surface area contributed by atoms with Gasteiger partial charge in [-0.25, -0.2) is 0 Å². The van der Waals surface area contributed by atoms with Crippen LogP contribution in [0.3, 0.4) is 0 Å². The van der Waals surface area contributed by atoms with Gasteiger partial charge in [-0.1, -0.05) is 0 Å². The van der Waals surface area contributed by atoms with E-state index in [1.807, 2.05) is 13.8 Å². The fourth-order valence-electron chi connectivity index (χ4n) is 2.79. The lowest BCUT2D eigenvalue weighted by atomic mass is 9.80. The number of nitrogens with zero attached hydrogens (tertiary/aromatic N) is 1. The van der Waals surface area contributed by atoms with Gasteiger partial charge in [-0.3, -0.25) is 4.79 Å². The van der Waals surface area contributed by atoms with Crippen LogP contribution in [0.4, 0.5) is 0 Å². The van der Waals surface area contributed by atoms with Gasteiger partial charge >= 0.3 is 0 Å². The monoisotopic (exact) mass is 266 g/mol. The van der Waals surface area contributed by atoms with Gasteiger partial charge in [0, 0.05) is 25.9 Å². The smallest absolute Gasteiger partial charge is 0.240 e. The highest BCUT2D eigenvalue weighted by molar-refractivity contribution is 5.85. The molecule has 1 unspecified atom stereocenters. The van der Waals surface area contributed by atoms with Crippen LogP contribution in [-0.2, 0) is 14.3 Å². The number of ether oxygens (including phenoxy) is 2. The van der Waals surface area contributed by atoms with Crippen LogP contribution < -0.4 is 5.32 Å². The van der Waals surface area contributed by atoms with Crippen molar-refractivity contribution in [1.29, 1.82) is 5.26 Å². The van der Waals surface area contributed by atoms with E-state index in [1.54, 1.807) is 0 Å². The predicted octanol–water partition coefficient (Wildman–Crippen LogP) is 1.38. The lowest BCUT2D eigenvalue weighted by molar-refractivity contribution is -0.135. The largest absolute Gasteiger partial charge is 0.381 e. The highest BCUT2D eigenvalue weighted by atomic mass is 16.5. The summed E-state index contributed by atoms with van der Waals surface area (Å²) in [6, 6.07) is 2.31. The maximum absolute atomic E-state index is 12.4. The van der Waals surface area contributed by atoms with Gasteiger partial charge in [-0.05, 0) is 39.5 Å². The molecule has 1 N–H and O–H groups in total. The molecule has 1 atom stereocenters. The number of rotatable bonds is 2. The number of nitrogens with one attached hydrogen (secondary N) is 1. The molecule has 2 saturated heterocycles. The molecule has 0 aliphatic carbocycles. The van der Waals surface area contributed by atoms with Gasteiger partial charge in [0.15, 0.2) is 0 Å². The quantitative estimate of drug-likeness (QED) is 0.819. The normalized spacial score (nSPS) is 29.2. The van der Waals surface area contributed by atoms with E-state index >= 15 is 0 Å². The van der Waals surface area contributed by atoms with Crippen LogP contribution in [0.5, 0.6) is 0 Å². The minimum atomic E-state index is -0.902. The number of amides is 1. The van der Waals surface area contributed by atoms with Crippen molar-refractivity contribution < 1.29 is 14.3 Å². The second-order valence-electron chi connectivity index (χ2n) is 6.08. The van der Waals surface area contributed by atoms with Crippen LogP contribution in [-0.4, -0.2) is 37.4 Å². The van der Waals surface area contributed by atoms with Crippen LogP contribution >= 0.6 is 0 Å². The van der Waals surface area contributed by atoms with Gasteiger partial charge in [0.05, 0.1) is 11.7 Å². The van der Waals surface area contributed by atoms with Gasteiger partial charge in [0.25, 0.3) is 0 Å². The Balaban J connectivity index is 1.98. The fraction of sp³-hybridized carbons (Fsp3) is 0.857. The zero-order valence-corrected chi connectivity index (χ0v) is 11.7. The van der Waals surface area contributed by atoms with Crippen molar-refractivity contribution in [3.63, 3.8) is 0 Å². The predicted molar refractivity (Wildman–Crippen MR) is 69.3 cm³/mol. The maximum Gasteiger partial charge on any atom is 0.240 e. The van der Waals surface area contributed by atoms with E-state index in [0.717, 1.165) is 12.8 Å². The molecule has 2 heterocycles. The average Bonchev–Trinajstić information content (AvgIpc) is 2.38. The molecule has 106 valence electrons. The molecular formula is C14H22N2O3. The van der Waals surface area contributed by atoms with Crippen LogP contribution in [0.1, 0.15) is 39.5 Å². The number of hydrogen-bond acceptors (Lipinski definition) is 4. The van der Waals surface area contributed by atoms with Crippen molar-refractivity contribution in [3.05, 3.63) is 0 Å². The summed E-state index contributed by atoms with van der Waals surface area (Å²) in [6.07, 6.45) is 2.58. The molecule has 0 aromatic rings. The van der Waals surface area contributed by atoms with E-state index in [9.17, 15) is 10.1 Å². The summed E-state index contributed by atoms with van der Waals surface area (Å²) in [5, 5.41) is 12.4. The minimum absolute atomic E-state index is 0.101. The Morgan fingerprint density at radius 2 is 2.00 bits per heavy atom. The molecule has 0 saturated carbocycles. The Morgan fingerprint density at radius 3 is 2.58 bits per heavy atom. The molecule has 0 spiro atoms. The van der Waals surface area contributed by atoms with Gasteiger partial charge in [-0.2, -0.15) is 5.26 Å². The average molecular weight is 266 g/mol. The van der Waals surface area contributed by atoms with Crippen LogP contribution in [0.2, 0.25) is 0 Å². The van der Waals surface area contributed by atoms with Crippen molar-refractivity contribution >= 4 is 5.91 Å². The molecule has 2 rings (SSSR count). The lowest BCUT2D eigenvalue weighted by Gasteiger charge is -2.38. The molecule has 0 radical (unpaired) electrons. The molecule has 0 bridgehead atoms. The minimum Gasteiger partial charge on any atom is -0.381 e. The summed E-state index contributed by atoms with van der Waals surface area (Å²) in [6.45, 7) is 5.68. The lowest BCUT2D eigenvalue weighted by Crippen LogP contribution is -2.51. The van der Waals surface area contributed by atoms with E-state index in [0.29, 0.717) is 32.7 Å². The number of carbonyl (C=O) groups excluding carboxylic acids is 1. The summed E-state index contributed by atoms with van der Waals surface area (Å²) >= 11 is 0. The van der Waals surface area contributed by atoms with Crippen molar-refractivity contribution in [1.82, 2.24) is 5.32 Å². The first-order valence-electron chi connectivity index (χ1n) is 6.91. The van der Waals surface area contributed by atoms with E-state index in [4.69, 9.17) is 9.47 Å². The summed E-state index contributed by atoms with van der Waals surface area (Å²) in [4.78, 5) is 12.4. The summed E-state index contributed by atoms with van der Waals surface area (Å²) in [5.74, 6) is -0.138. The Bertz CT molecular complexity index is 381. The Morgan fingerprint density at radius 1 is 1.32 bits per heavy atom. The first-order chi connectivity index (χ1) is 8.97. The fourth-order valence-corrected chi connectivity index (χ4v) is 2.79. The van der Waals surface area contributed by atoms with E-state index in [-0.39, 0.29) is 17.6 Å².